The van der Waals surface area contributed by atoms with Gasteiger partial charge in [-0.1, -0.05) is 18.5 Å². The van der Waals surface area contributed by atoms with Gasteiger partial charge in [0.05, 0.1) is 16.9 Å². The van der Waals surface area contributed by atoms with E-state index in [2.05, 4.69) is 33.6 Å². The van der Waals surface area contributed by atoms with Crippen molar-refractivity contribution in [1.82, 2.24) is 24.9 Å². The number of halogens is 1. The average molecular weight is 438 g/mol. The van der Waals surface area contributed by atoms with E-state index in [-0.39, 0.29) is 12.1 Å². The van der Waals surface area contributed by atoms with Gasteiger partial charge in [-0.3, -0.25) is 0 Å². The predicted molar refractivity (Wildman–Crippen MR) is 112 cm³/mol. The van der Waals surface area contributed by atoms with Gasteiger partial charge in [0.1, 0.15) is 17.3 Å². The fourth-order valence-electron chi connectivity index (χ4n) is 4.95. The molecule has 1 saturated heterocycles. The molecule has 1 saturated carbocycles. The minimum Gasteiger partial charge on any atom is -0.423 e. The quantitative estimate of drug-likeness (QED) is 0.662. The second-order valence-corrected chi connectivity index (χ2v) is 8.67. The summed E-state index contributed by atoms with van der Waals surface area (Å²) < 4.78 is 7.19. The van der Waals surface area contributed by atoms with Crippen LogP contribution in [-0.2, 0) is 5.54 Å². The van der Waals surface area contributed by atoms with Crippen LogP contribution in [0.1, 0.15) is 43.7 Å². The Hall–Kier alpha value is -3.38. The highest BCUT2D eigenvalue weighted by Crippen LogP contribution is 2.55. The molecular weight excluding hydrogens is 418 g/mol. The Morgan fingerprint density at radius 3 is 2.94 bits per heavy atom. The number of aryl methyl sites for hydroxylation is 1. The van der Waals surface area contributed by atoms with Crippen molar-refractivity contribution in [3.05, 3.63) is 53.0 Å². The molecule has 3 atom stereocenters. The third-order valence-electron chi connectivity index (χ3n) is 6.09. The Bertz CT molecular complexity index is 1210. The van der Waals surface area contributed by atoms with Gasteiger partial charge in [-0.25, -0.2) is 9.48 Å². The number of nitriles is 1. The lowest BCUT2D eigenvalue weighted by Crippen LogP contribution is -2.70. The highest BCUT2D eigenvalue weighted by molar-refractivity contribution is 6.32. The zero-order valence-electron chi connectivity index (χ0n) is 17.0. The van der Waals surface area contributed by atoms with E-state index in [9.17, 15) is 10.1 Å². The molecule has 0 spiro atoms. The van der Waals surface area contributed by atoms with Crippen molar-refractivity contribution < 1.29 is 9.21 Å². The largest absolute Gasteiger partial charge is 0.423 e. The summed E-state index contributed by atoms with van der Waals surface area (Å²) in [6.45, 7) is 3.93. The van der Waals surface area contributed by atoms with Gasteiger partial charge in [-0.2, -0.15) is 10.4 Å². The zero-order valence-corrected chi connectivity index (χ0v) is 17.8. The Kier molecular flexibility index (Phi) is 4.48. The highest BCUT2D eigenvalue weighted by atomic mass is 35.5. The predicted octanol–water partition coefficient (Wildman–Crippen LogP) is 4.02. The van der Waals surface area contributed by atoms with E-state index < -0.39 is 5.54 Å². The second kappa shape index (κ2) is 7.10. The molecule has 3 heterocycles. The molecule has 158 valence electrons. The van der Waals surface area contributed by atoms with E-state index in [0.717, 1.165) is 19.3 Å². The maximum Gasteiger partial charge on any atom is 0.323 e. The van der Waals surface area contributed by atoms with E-state index in [0.29, 0.717) is 39.8 Å². The zero-order chi connectivity index (χ0) is 21.8. The number of carbonyl (C=O) groups excluding carboxylic acids is 1. The molecule has 1 aliphatic carbocycles. The normalized spacial score (nSPS) is 24.4. The molecule has 1 aromatic carbocycles. The number of nitrogens with zero attached hydrogens (tertiary/aromatic N) is 6. The van der Waals surface area contributed by atoms with Crippen LogP contribution in [0.4, 0.5) is 10.5 Å². The maximum atomic E-state index is 13.3. The van der Waals surface area contributed by atoms with Crippen molar-refractivity contribution in [3.8, 4) is 11.8 Å². The molecule has 0 unspecified atom stereocenters. The number of carbonyl (C=O) groups is 1. The maximum absolute atomic E-state index is 13.3. The number of rotatable bonds is 3. The monoisotopic (exact) mass is 437 g/mol. The number of amides is 2. The van der Waals surface area contributed by atoms with E-state index in [4.69, 9.17) is 16.0 Å². The van der Waals surface area contributed by atoms with Gasteiger partial charge in [0, 0.05) is 25.1 Å². The molecule has 3 aromatic rings. The van der Waals surface area contributed by atoms with Crippen molar-refractivity contribution in [3.63, 3.8) is 0 Å². The highest BCUT2D eigenvalue weighted by Gasteiger charge is 2.62. The Morgan fingerprint density at radius 2 is 2.19 bits per heavy atom. The number of nitrogens with one attached hydrogen (secondary N) is 1. The molecule has 0 radical (unpaired) electrons. The van der Waals surface area contributed by atoms with Gasteiger partial charge in [-0.05, 0) is 43.0 Å². The van der Waals surface area contributed by atoms with Crippen molar-refractivity contribution in [2.45, 2.75) is 44.7 Å². The first kappa shape index (κ1) is 19.6. The van der Waals surface area contributed by atoms with E-state index in [1.807, 2.05) is 4.90 Å². The summed E-state index contributed by atoms with van der Waals surface area (Å²) in [6.07, 6.45) is 4.06. The number of aromatic nitrogens is 4. The van der Waals surface area contributed by atoms with Crippen LogP contribution in [0.5, 0.6) is 0 Å². The molecule has 1 aliphatic heterocycles. The topological polar surface area (TPSA) is 113 Å². The van der Waals surface area contributed by atoms with Crippen LogP contribution >= 0.6 is 11.6 Å². The first-order valence-electron chi connectivity index (χ1n) is 10.1. The molecule has 5 rings (SSSR count). The fraction of sp³-hybridized carbons (Fsp3) is 0.381. The van der Waals surface area contributed by atoms with E-state index in [1.54, 1.807) is 31.2 Å². The van der Waals surface area contributed by atoms with Gasteiger partial charge in [-0.15, -0.1) is 10.2 Å². The lowest BCUT2D eigenvalue weighted by Gasteiger charge is -2.61. The number of likely N-dealkylation sites (tertiary alicyclic amines) is 1. The summed E-state index contributed by atoms with van der Waals surface area (Å²) >= 11 is 6.33. The molecule has 2 aliphatic rings. The van der Waals surface area contributed by atoms with Crippen molar-refractivity contribution in [1.29, 1.82) is 5.26 Å². The number of hydrogen-bond acceptors (Lipinski definition) is 6. The molecule has 9 nitrogen and oxygen atoms in total. The van der Waals surface area contributed by atoms with Gasteiger partial charge in [0.25, 0.3) is 0 Å². The van der Waals surface area contributed by atoms with E-state index in [1.165, 1.54) is 10.9 Å². The first-order valence-corrected chi connectivity index (χ1v) is 10.4. The van der Waals surface area contributed by atoms with Crippen molar-refractivity contribution in [2.75, 3.05) is 5.32 Å². The number of benzene rings is 1. The number of urea groups is 1. The third-order valence-corrected chi connectivity index (χ3v) is 6.41. The number of piperidine rings is 1. The van der Waals surface area contributed by atoms with Crippen LogP contribution in [-0.4, -0.2) is 37.0 Å². The fourth-order valence-corrected chi connectivity index (χ4v) is 5.15. The Morgan fingerprint density at radius 1 is 1.35 bits per heavy atom. The Labute approximate surface area is 183 Å². The molecule has 1 N–H and O–H groups in total. The summed E-state index contributed by atoms with van der Waals surface area (Å²) in [4.78, 5) is 15.2. The van der Waals surface area contributed by atoms with Crippen LogP contribution in [0, 0.1) is 24.2 Å². The van der Waals surface area contributed by atoms with Crippen molar-refractivity contribution in [2.24, 2.45) is 5.92 Å². The molecule has 2 bridgehead atoms. The molecule has 31 heavy (non-hydrogen) atoms. The molecule has 2 fully saturated rings. The lowest BCUT2D eigenvalue weighted by atomic mass is 9.64. The average Bonchev–Trinajstić information content (AvgIpc) is 3.37. The lowest BCUT2D eigenvalue weighted by molar-refractivity contribution is -0.110. The minimum absolute atomic E-state index is 0.124. The van der Waals surface area contributed by atoms with Crippen LogP contribution in [0.15, 0.2) is 34.9 Å². The number of hydrogen-bond donors (Lipinski definition) is 1. The van der Waals surface area contributed by atoms with Gasteiger partial charge in [0.2, 0.25) is 11.8 Å². The second-order valence-electron chi connectivity index (χ2n) is 8.27. The smallest absolute Gasteiger partial charge is 0.323 e. The molecule has 10 heteroatoms. The van der Waals surface area contributed by atoms with Crippen LogP contribution in [0.25, 0.3) is 5.69 Å². The van der Waals surface area contributed by atoms with Crippen molar-refractivity contribution >= 4 is 23.3 Å². The summed E-state index contributed by atoms with van der Waals surface area (Å²) in [5.74, 6) is 1.44. The summed E-state index contributed by atoms with van der Waals surface area (Å²) in [5.41, 5.74) is 0.848. The summed E-state index contributed by atoms with van der Waals surface area (Å²) in [6, 6.07) is 8.67. The van der Waals surface area contributed by atoms with E-state index >= 15 is 0 Å². The van der Waals surface area contributed by atoms with Crippen LogP contribution in [0.2, 0.25) is 5.02 Å². The van der Waals surface area contributed by atoms with Crippen LogP contribution in [0.3, 0.4) is 0 Å². The summed E-state index contributed by atoms with van der Waals surface area (Å²) in [7, 11) is 0. The van der Waals surface area contributed by atoms with Gasteiger partial charge >= 0.3 is 6.03 Å². The minimum atomic E-state index is -0.571. The van der Waals surface area contributed by atoms with Gasteiger partial charge < -0.3 is 14.6 Å². The summed E-state index contributed by atoms with van der Waals surface area (Å²) in [5, 5.41) is 25.1. The number of anilines is 1. The SMILES string of the molecule is Cc1nnc([C@]23C[C@@H](C)C[C@H](C2)N3C(=O)Nc2ccc(Cl)c(-n3nccc3C#N)c2)o1. The number of fused-ring (bicyclic) bond motifs is 2. The Balaban J connectivity index is 1.44. The molecular formula is C21H20ClN7O2. The third kappa shape index (κ3) is 3.06. The van der Waals surface area contributed by atoms with Crippen LogP contribution < -0.4 is 5.32 Å². The first-order chi connectivity index (χ1) is 14.9. The molecule has 2 aromatic heterocycles. The van der Waals surface area contributed by atoms with Gasteiger partial charge in [0.15, 0.2) is 0 Å². The molecule has 2 amide bonds. The standard InChI is InChI=1S/C21H20ClN7O2/c1-12-7-16-10-21(9-12,19-27-26-13(2)31-19)28(16)20(30)25-14-3-4-17(22)18(8-14)29-15(11-23)5-6-24-29/h3-6,8,12,16H,7,9-10H2,1-2H3,(H,25,30)/t12-,16+,21-/m0/s1.